The van der Waals surface area contributed by atoms with Crippen molar-refractivity contribution in [3.05, 3.63) is 28.3 Å². The fourth-order valence-electron chi connectivity index (χ4n) is 4.99. The van der Waals surface area contributed by atoms with Gasteiger partial charge in [-0.25, -0.2) is 8.42 Å². The van der Waals surface area contributed by atoms with E-state index in [0.717, 1.165) is 12.5 Å². The van der Waals surface area contributed by atoms with Gasteiger partial charge in [-0.2, -0.15) is 4.31 Å². The maximum atomic E-state index is 12.9. The van der Waals surface area contributed by atoms with E-state index in [1.165, 1.54) is 42.1 Å². The molecule has 0 atom stereocenters. The molecule has 11 heteroatoms. The summed E-state index contributed by atoms with van der Waals surface area (Å²) in [6.45, 7) is 3.05. The van der Waals surface area contributed by atoms with Crippen LogP contribution >= 0.6 is 0 Å². The Morgan fingerprint density at radius 3 is 2.36 bits per heavy atom. The van der Waals surface area contributed by atoms with Gasteiger partial charge in [0.15, 0.2) is 0 Å². The monoisotopic (exact) mass is 480 g/mol. The van der Waals surface area contributed by atoms with Crippen molar-refractivity contribution in [3.63, 3.8) is 0 Å². The summed E-state index contributed by atoms with van der Waals surface area (Å²) in [5.41, 5.74) is 0.157. The van der Waals surface area contributed by atoms with Crippen LogP contribution in [0.4, 0.5) is 11.4 Å². The molecule has 0 unspecified atom stereocenters. The molecule has 0 bridgehead atoms. The number of amides is 1. The van der Waals surface area contributed by atoms with Gasteiger partial charge in [-0.15, -0.1) is 0 Å². The lowest BCUT2D eigenvalue weighted by molar-refractivity contribution is -0.384. The zero-order chi connectivity index (χ0) is 23.4. The normalized spacial score (nSPS) is 20.8. The Morgan fingerprint density at radius 1 is 1.06 bits per heavy atom. The molecule has 4 rings (SSSR count). The topological polar surface area (TPSA) is 113 Å². The summed E-state index contributed by atoms with van der Waals surface area (Å²) in [6, 6.07) is 4.11. The van der Waals surface area contributed by atoms with Crippen LogP contribution in [0.5, 0.6) is 0 Å². The molecule has 0 spiro atoms. The molecule has 1 amide bonds. The first-order chi connectivity index (χ1) is 15.9. The molecule has 0 N–H and O–H groups in total. The van der Waals surface area contributed by atoms with E-state index in [9.17, 15) is 23.3 Å². The molecule has 1 aromatic rings. The minimum atomic E-state index is -3.82. The third-order valence-electron chi connectivity index (χ3n) is 6.97. The van der Waals surface area contributed by atoms with E-state index >= 15 is 0 Å². The highest BCUT2D eigenvalue weighted by atomic mass is 32.2. The molecule has 182 valence electrons. The van der Waals surface area contributed by atoms with Gasteiger partial charge in [0, 0.05) is 51.8 Å². The Balaban J connectivity index is 1.41. The summed E-state index contributed by atoms with van der Waals surface area (Å²) < 4.78 is 32.3. The zero-order valence-corrected chi connectivity index (χ0v) is 19.7. The van der Waals surface area contributed by atoms with Gasteiger partial charge < -0.3 is 14.5 Å². The van der Waals surface area contributed by atoms with E-state index in [4.69, 9.17) is 4.74 Å². The van der Waals surface area contributed by atoms with Crippen LogP contribution in [0.2, 0.25) is 0 Å². The van der Waals surface area contributed by atoms with Gasteiger partial charge in [0.1, 0.15) is 5.69 Å². The van der Waals surface area contributed by atoms with E-state index in [1.54, 1.807) is 0 Å². The molecule has 3 fully saturated rings. The van der Waals surface area contributed by atoms with Crippen LogP contribution in [0, 0.1) is 16.0 Å². The van der Waals surface area contributed by atoms with Gasteiger partial charge in [0.25, 0.3) is 5.69 Å². The van der Waals surface area contributed by atoms with E-state index in [1.807, 2.05) is 9.80 Å². The first-order valence-electron chi connectivity index (χ1n) is 11.8. The molecular weight excluding hydrogens is 448 g/mol. The van der Waals surface area contributed by atoms with Crippen molar-refractivity contribution in [2.45, 2.75) is 43.4 Å². The van der Waals surface area contributed by atoms with Crippen LogP contribution in [0.3, 0.4) is 0 Å². The van der Waals surface area contributed by atoms with Gasteiger partial charge >= 0.3 is 0 Å². The van der Waals surface area contributed by atoms with Crippen molar-refractivity contribution in [2.75, 3.05) is 57.4 Å². The lowest BCUT2D eigenvalue weighted by Gasteiger charge is -2.36. The summed E-state index contributed by atoms with van der Waals surface area (Å²) in [7, 11) is -3.82. The van der Waals surface area contributed by atoms with E-state index in [-0.39, 0.29) is 29.6 Å². The number of morpholine rings is 1. The second kappa shape index (κ2) is 10.4. The lowest BCUT2D eigenvalue weighted by Crippen LogP contribution is -2.49. The predicted octanol–water partition coefficient (Wildman–Crippen LogP) is 2.23. The third-order valence-corrected chi connectivity index (χ3v) is 8.86. The van der Waals surface area contributed by atoms with Crippen molar-refractivity contribution < 1.29 is 22.9 Å². The number of nitro benzene ring substituents is 1. The first kappa shape index (κ1) is 23.9. The number of anilines is 1. The van der Waals surface area contributed by atoms with Crippen LogP contribution < -0.4 is 4.90 Å². The van der Waals surface area contributed by atoms with Crippen molar-refractivity contribution in [3.8, 4) is 0 Å². The summed E-state index contributed by atoms with van der Waals surface area (Å²) in [5.74, 6) is 0.827. The number of benzene rings is 1. The fourth-order valence-corrected chi connectivity index (χ4v) is 6.42. The van der Waals surface area contributed by atoms with Gasteiger partial charge in [-0.3, -0.25) is 14.9 Å². The van der Waals surface area contributed by atoms with E-state index in [2.05, 4.69) is 0 Å². The Labute approximate surface area is 194 Å². The number of nitrogens with zero attached hydrogens (tertiary/aromatic N) is 4. The minimum absolute atomic E-state index is 0.0828. The number of nitro groups is 1. The van der Waals surface area contributed by atoms with Crippen molar-refractivity contribution in [1.82, 2.24) is 9.21 Å². The molecule has 0 radical (unpaired) electrons. The molecule has 0 aromatic heterocycles. The lowest BCUT2D eigenvalue weighted by atomic mass is 10.0. The largest absolute Gasteiger partial charge is 0.379 e. The molecule has 2 aliphatic heterocycles. The quantitative estimate of drug-likeness (QED) is 0.434. The molecule has 1 saturated carbocycles. The average Bonchev–Trinajstić information content (AvgIpc) is 3.36. The third kappa shape index (κ3) is 5.47. The van der Waals surface area contributed by atoms with Gasteiger partial charge in [0.05, 0.1) is 23.0 Å². The smallest absolute Gasteiger partial charge is 0.293 e. The SMILES string of the molecule is O=C(CCC1CCCC1)N1CCN(c2ccc(S(=O)(=O)N3CCOCC3)cc2[N+](=O)[O-])CC1. The highest BCUT2D eigenvalue weighted by Crippen LogP contribution is 2.33. The Bertz CT molecular complexity index is 965. The molecule has 3 aliphatic rings. The minimum Gasteiger partial charge on any atom is -0.379 e. The van der Waals surface area contributed by atoms with Gasteiger partial charge in [0.2, 0.25) is 15.9 Å². The first-order valence-corrected chi connectivity index (χ1v) is 13.2. The second-order valence-corrected chi connectivity index (χ2v) is 10.9. The number of ether oxygens (including phenoxy) is 1. The molecule has 2 saturated heterocycles. The number of piperazine rings is 1. The number of sulfonamides is 1. The van der Waals surface area contributed by atoms with Crippen molar-refractivity contribution >= 4 is 27.3 Å². The highest BCUT2D eigenvalue weighted by Gasteiger charge is 2.31. The number of rotatable bonds is 7. The summed E-state index contributed by atoms with van der Waals surface area (Å²) in [4.78, 5) is 27.5. The van der Waals surface area contributed by atoms with Crippen LogP contribution in [0.15, 0.2) is 23.1 Å². The number of hydrogen-bond donors (Lipinski definition) is 0. The van der Waals surface area contributed by atoms with Crippen LogP contribution in [-0.4, -0.2) is 80.9 Å². The predicted molar refractivity (Wildman–Crippen MR) is 123 cm³/mol. The standard InChI is InChI=1S/C22H32N4O6S/c27-22(8-5-18-3-1-2-4-18)24-11-9-23(10-12-24)20-7-6-19(17-21(20)26(28)29)33(30,31)25-13-15-32-16-14-25/h6-7,17-18H,1-5,8-16H2. The molecule has 10 nitrogen and oxygen atoms in total. The van der Waals surface area contributed by atoms with Crippen LogP contribution in [0.25, 0.3) is 0 Å². The molecule has 33 heavy (non-hydrogen) atoms. The van der Waals surface area contributed by atoms with Gasteiger partial charge in [-0.1, -0.05) is 25.7 Å². The molecule has 1 aromatic carbocycles. The average molecular weight is 481 g/mol. The van der Waals surface area contributed by atoms with Crippen molar-refractivity contribution in [2.24, 2.45) is 5.92 Å². The van der Waals surface area contributed by atoms with E-state index < -0.39 is 14.9 Å². The zero-order valence-electron chi connectivity index (χ0n) is 18.9. The number of carbonyl (C=O) groups is 1. The molecular formula is C22H32N4O6S. The fraction of sp³-hybridized carbons (Fsp3) is 0.682. The van der Waals surface area contributed by atoms with E-state index in [0.29, 0.717) is 57.4 Å². The van der Waals surface area contributed by atoms with Crippen molar-refractivity contribution in [1.29, 1.82) is 0 Å². The number of hydrogen-bond acceptors (Lipinski definition) is 7. The summed E-state index contributed by atoms with van der Waals surface area (Å²) in [5, 5.41) is 11.8. The number of carbonyl (C=O) groups excluding carboxylic acids is 1. The Hall–Kier alpha value is -2.24. The molecule has 2 heterocycles. The van der Waals surface area contributed by atoms with Crippen LogP contribution in [0.1, 0.15) is 38.5 Å². The second-order valence-electron chi connectivity index (χ2n) is 8.98. The maximum absolute atomic E-state index is 12.9. The summed E-state index contributed by atoms with van der Waals surface area (Å²) in [6.07, 6.45) is 6.50. The molecule has 1 aliphatic carbocycles. The van der Waals surface area contributed by atoms with Crippen LogP contribution in [-0.2, 0) is 19.6 Å². The van der Waals surface area contributed by atoms with Gasteiger partial charge in [-0.05, 0) is 24.5 Å². The highest BCUT2D eigenvalue weighted by molar-refractivity contribution is 7.89. The Kier molecular flexibility index (Phi) is 7.50. The Morgan fingerprint density at radius 2 is 1.73 bits per heavy atom. The summed E-state index contributed by atoms with van der Waals surface area (Å²) >= 11 is 0. The maximum Gasteiger partial charge on any atom is 0.293 e.